The molecule has 0 aromatic heterocycles. The molecule has 184 valence electrons. The van der Waals surface area contributed by atoms with E-state index in [0.29, 0.717) is 37.9 Å². The van der Waals surface area contributed by atoms with Gasteiger partial charge in [-0.1, -0.05) is 24.3 Å². The van der Waals surface area contributed by atoms with Crippen molar-refractivity contribution in [3.8, 4) is 11.5 Å². The molecule has 1 aliphatic rings. The smallest absolute Gasteiger partial charge is 0.151 e. The van der Waals surface area contributed by atoms with E-state index in [1.807, 2.05) is 76.0 Å². The molecule has 7 heteroatoms. The van der Waals surface area contributed by atoms with E-state index in [-0.39, 0.29) is 27.4 Å². The topological polar surface area (TPSA) is 38.8 Å². The van der Waals surface area contributed by atoms with Crippen LogP contribution >= 0.6 is 22.6 Å². The number of hydrogen-bond donors (Lipinski definition) is 0. The van der Waals surface area contributed by atoms with E-state index in [9.17, 15) is 4.79 Å². The van der Waals surface area contributed by atoms with Gasteiger partial charge in [-0.2, -0.15) is 0 Å². The number of methoxy groups -OCH3 is 2. The molecule has 3 aromatic carbocycles. The average molecular weight is 591 g/mol. The summed E-state index contributed by atoms with van der Waals surface area (Å²) in [5.41, 5.74) is 2.39. The fourth-order valence-corrected chi connectivity index (χ4v) is 5.43. The lowest BCUT2D eigenvalue weighted by Gasteiger charge is -2.29. The fraction of sp³-hybridized carbons (Fsp3) is 0.321. The standard InChI is InChI=1S/C28H28F2INO3/c1-34-22-10-6-18(7-11-22)16-32(17-19-8-12-23(35-2)13-9-19)25-15-24(29)28(31)26(27(25)30)20-4-3-5-21(33)14-20/h6-13,15,20H,3-5,14,16-17H2,1-2H3. The second-order valence-electron chi connectivity index (χ2n) is 8.80. The Kier molecular flexibility index (Phi) is 8.26. The Morgan fingerprint density at radius 1 is 0.943 bits per heavy atom. The van der Waals surface area contributed by atoms with Crippen molar-refractivity contribution in [3.05, 3.63) is 86.5 Å². The summed E-state index contributed by atoms with van der Waals surface area (Å²) in [7, 11) is 3.21. The molecule has 0 amide bonds. The lowest BCUT2D eigenvalue weighted by atomic mass is 9.83. The molecule has 0 radical (unpaired) electrons. The number of Topliss-reactive ketones (excluding diaryl/α,β-unsaturated/α-hetero) is 1. The Bertz CT molecular complexity index is 1130. The van der Waals surface area contributed by atoms with Crippen LogP contribution in [-0.4, -0.2) is 20.0 Å². The van der Waals surface area contributed by atoms with Crippen molar-refractivity contribution in [2.24, 2.45) is 0 Å². The number of ether oxygens (including phenoxy) is 2. The van der Waals surface area contributed by atoms with E-state index in [1.165, 1.54) is 6.07 Å². The highest BCUT2D eigenvalue weighted by Gasteiger charge is 2.30. The van der Waals surface area contributed by atoms with Crippen LogP contribution in [0.25, 0.3) is 0 Å². The maximum absolute atomic E-state index is 16.2. The summed E-state index contributed by atoms with van der Waals surface area (Å²) in [6.07, 6.45) is 2.15. The number of rotatable bonds is 8. The number of hydrogen-bond acceptors (Lipinski definition) is 4. The first-order valence-electron chi connectivity index (χ1n) is 11.6. The Morgan fingerprint density at radius 3 is 1.97 bits per heavy atom. The summed E-state index contributed by atoms with van der Waals surface area (Å²) < 4.78 is 42.1. The number of ketones is 1. The van der Waals surface area contributed by atoms with Gasteiger partial charge >= 0.3 is 0 Å². The third-order valence-corrected chi connectivity index (χ3v) is 7.56. The van der Waals surface area contributed by atoms with Crippen LogP contribution < -0.4 is 14.4 Å². The highest BCUT2D eigenvalue weighted by Crippen LogP contribution is 2.40. The first-order valence-corrected chi connectivity index (χ1v) is 12.7. The van der Waals surface area contributed by atoms with Crippen molar-refractivity contribution in [2.75, 3.05) is 19.1 Å². The van der Waals surface area contributed by atoms with Crippen molar-refractivity contribution in [3.63, 3.8) is 0 Å². The minimum atomic E-state index is -0.468. The number of carbonyl (C=O) groups is 1. The van der Waals surface area contributed by atoms with E-state index < -0.39 is 11.6 Å². The largest absolute Gasteiger partial charge is 0.497 e. The number of anilines is 1. The predicted molar refractivity (Wildman–Crippen MR) is 141 cm³/mol. The van der Waals surface area contributed by atoms with Crippen LogP contribution in [0.2, 0.25) is 0 Å². The molecule has 35 heavy (non-hydrogen) atoms. The quantitative estimate of drug-likeness (QED) is 0.209. The summed E-state index contributed by atoms with van der Waals surface area (Å²) in [4.78, 5) is 14.0. The molecule has 1 atom stereocenters. The fourth-order valence-electron chi connectivity index (χ4n) is 4.60. The lowest BCUT2D eigenvalue weighted by molar-refractivity contribution is -0.120. The molecule has 1 saturated carbocycles. The van der Waals surface area contributed by atoms with Crippen molar-refractivity contribution in [1.29, 1.82) is 0 Å². The van der Waals surface area contributed by atoms with Crippen molar-refractivity contribution < 1.29 is 23.0 Å². The van der Waals surface area contributed by atoms with Gasteiger partial charge in [0, 0.05) is 37.6 Å². The third kappa shape index (κ3) is 5.94. The Hall–Kier alpha value is -2.68. The summed E-state index contributed by atoms with van der Waals surface area (Å²) in [5.74, 6) is 0.344. The Balaban J connectivity index is 1.75. The first kappa shape index (κ1) is 25.4. The van der Waals surface area contributed by atoms with Crippen LogP contribution in [0, 0.1) is 15.2 Å². The molecule has 0 bridgehead atoms. The van der Waals surface area contributed by atoms with Crippen molar-refractivity contribution in [1.82, 2.24) is 0 Å². The number of halogens is 3. The minimum Gasteiger partial charge on any atom is -0.497 e. The molecule has 1 unspecified atom stereocenters. The summed E-state index contributed by atoms with van der Waals surface area (Å²) >= 11 is 1.87. The van der Waals surface area contributed by atoms with Gasteiger partial charge in [0.2, 0.25) is 0 Å². The molecule has 0 heterocycles. The predicted octanol–water partition coefficient (Wildman–Crippen LogP) is 7.02. The molecule has 0 spiro atoms. The summed E-state index contributed by atoms with van der Waals surface area (Å²) in [5, 5.41) is 0. The Morgan fingerprint density at radius 2 is 1.49 bits per heavy atom. The second-order valence-corrected chi connectivity index (χ2v) is 9.88. The van der Waals surface area contributed by atoms with Gasteiger partial charge in [-0.3, -0.25) is 4.79 Å². The maximum atomic E-state index is 16.2. The van der Waals surface area contributed by atoms with Gasteiger partial charge in [-0.15, -0.1) is 0 Å². The molecular weight excluding hydrogens is 563 g/mol. The summed E-state index contributed by atoms with van der Waals surface area (Å²) in [6.45, 7) is 0.742. The number of nitrogens with zero attached hydrogens (tertiary/aromatic N) is 1. The van der Waals surface area contributed by atoms with Crippen LogP contribution in [0.3, 0.4) is 0 Å². The maximum Gasteiger partial charge on any atom is 0.151 e. The van der Waals surface area contributed by atoms with E-state index in [1.54, 1.807) is 14.2 Å². The SMILES string of the molecule is COc1ccc(CN(Cc2ccc(OC)cc2)c2cc(F)c(I)c(C3CCCC(=O)C3)c2F)cc1. The highest BCUT2D eigenvalue weighted by atomic mass is 127. The van der Waals surface area contributed by atoms with Crippen LogP contribution in [0.1, 0.15) is 48.3 Å². The number of carbonyl (C=O) groups excluding carboxylic acids is 1. The highest BCUT2D eigenvalue weighted by molar-refractivity contribution is 14.1. The second kappa shape index (κ2) is 11.4. The number of benzene rings is 3. The molecule has 3 aromatic rings. The van der Waals surface area contributed by atoms with Gasteiger partial charge < -0.3 is 14.4 Å². The molecule has 0 aliphatic heterocycles. The van der Waals surface area contributed by atoms with E-state index in [2.05, 4.69) is 0 Å². The van der Waals surface area contributed by atoms with Gasteiger partial charge in [-0.05, 0) is 76.7 Å². The molecule has 0 saturated heterocycles. The molecule has 1 fully saturated rings. The van der Waals surface area contributed by atoms with Crippen LogP contribution in [-0.2, 0) is 17.9 Å². The molecule has 4 nitrogen and oxygen atoms in total. The van der Waals surface area contributed by atoms with Gasteiger partial charge in [0.1, 0.15) is 23.1 Å². The van der Waals surface area contributed by atoms with Gasteiger partial charge in [0.05, 0.1) is 23.5 Å². The zero-order valence-corrected chi connectivity index (χ0v) is 22.0. The van der Waals surface area contributed by atoms with E-state index in [4.69, 9.17) is 9.47 Å². The van der Waals surface area contributed by atoms with Crippen LogP contribution in [0.15, 0.2) is 54.6 Å². The average Bonchev–Trinajstić information content (AvgIpc) is 2.87. The van der Waals surface area contributed by atoms with E-state index in [0.717, 1.165) is 22.6 Å². The van der Waals surface area contributed by atoms with Crippen molar-refractivity contribution in [2.45, 2.75) is 44.7 Å². The van der Waals surface area contributed by atoms with E-state index >= 15 is 8.78 Å². The minimum absolute atomic E-state index is 0.107. The monoisotopic (exact) mass is 591 g/mol. The first-order chi connectivity index (χ1) is 16.9. The third-order valence-electron chi connectivity index (χ3n) is 6.47. The van der Waals surface area contributed by atoms with Gasteiger partial charge in [0.15, 0.2) is 5.82 Å². The summed E-state index contributed by atoms with van der Waals surface area (Å²) in [6, 6.07) is 16.4. The molecular formula is C28H28F2INO3. The molecule has 4 rings (SSSR count). The van der Waals surface area contributed by atoms with Gasteiger partial charge in [0.25, 0.3) is 0 Å². The molecule has 1 aliphatic carbocycles. The van der Waals surface area contributed by atoms with Gasteiger partial charge in [-0.25, -0.2) is 8.78 Å². The van der Waals surface area contributed by atoms with Crippen LogP contribution in [0.5, 0.6) is 11.5 Å². The lowest BCUT2D eigenvalue weighted by Crippen LogP contribution is -2.25. The zero-order valence-electron chi connectivity index (χ0n) is 19.8. The normalized spacial score (nSPS) is 15.7. The van der Waals surface area contributed by atoms with Crippen molar-refractivity contribution >= 4 is 34.1 Å². The molecule has 0 N–H and O–H groups in total. The van der Waals surface area contributed by atoms with Crippen LogP contribution in [0.4, 0.5) is 14.5 Å². The zero-order chi connectivity index (χ0) is 24.9. The Labute approximate surface area is 218 Å².